The average Bonchev–Trinajstić information content (AvgIpc) is 2.67. The van der Waals surface area contributed by atoms with Gasteiger partial charge in [-0.25, -0.2) is 0 Å². The molecule has 2 aromatic rings. The SMILES string of the molecule is CC[C@@H](C)c1ccccc1NC(=O)C[C@@H]1c2ccccc2C=CN1C(C)=O. The minimum atomic E-state index is -0.292. The number of benzene rings is 2. The third kappa shape index (κ3) is 4.11. The first-order valence-electron chi connectivity index (χ1n) is 9.46. The molecule has 0 aromatic heterocycles. The van der Waals surface area contributed by atoms with Crippen LogP contribution in [0.5, 0.6) is 0 Å². The summed E-state index contributed by atoms with van der Waals surface area (Å²) in [4.78, 5) is 26.6. The van der Waals surface area contributed by atoms with Crippen molar-refractivity contribution in [2.75, 3.05) is 5.32 Å². The summed E-state index contributed by atoms with van der Waals surface area (Å²) < 4.78 is 0. The first kappa shape index (κ1) is 18.9. The van der Waals surface area contributed by atoms with Gasteiger partial charge in [0.1, 0.15) is 0 Å². The third-order valence-electron chi connectivity index (χ3n) is 5.23. The van der Waals surface area contributed by atoms with Crippen LogP contribution < -0.4 is 5.32 Å². The summed E-state index contributed by atoms with van der Waals surface area (Å²) in [7, 11) is 0. The Bertz CT molecular complexity index is 872. The van der Waals surface area contributed by atoms with Gasteiger partial charge in [0.2, 0.25) is 11.8 Å². The molecular weight excluding hydrogens is 336 g/mol. The Labute approximate surface area is 160 Å². The van der Waals surface area contributed by atoms with Crippen molar-refractivity contribution >= 4 is 23.6 Å². The molecule has 0 aliphatic carbocycles. The quantitative estimate of drug-likeness (QED) is 0.804. The predicted octanol–water partition coefficient (Wildman–Crippen LogP) is 5.10. The van der Waals surface area contributed by atoms with E-state index in [4.69, 9.17) is 0 Å². The van der Waals surface area contributed by atoms with E-state index in [0.717, 1.165) is 28.8 Å². The molecule has 0 unspecified atom stereocenters. The average molecular weight is 362 g/mol. The Hall–Kier alpha value is -2.88. The Morgan fingerprint density at radius 1 is 1.11 bits per heavy atom. The second-order valence-electron chi connectivity index (χ2n) is 7.04. The third-order valence-corrected chi connectivity index (χ3v) is 5.23. The van der Waals surface area contributed by atoms with Gasteiger partial charge in [-0.3, -0.25) is 9.59 Å². The highest BCUT2D eigenvalue weighted by Crippen LogP contribution is 2.33. The number of amides is 2. The molecule has 1 aliphatic rings. The van der Waals surface area contributed by atoms with E-state index >= 15 is 0 Å². The minimum absolute atomic E-state index is 0.0708. The monoisotopic (exact) mass is 362 g/mol. The summed E-state index contributed by atoms with van der Waals surface area (Å²) in [6.45, 7) is 5.82. The van der Waals surface area contributed by atoms with Crippen LogP contribution >= 0.6 is 0 Å². The first-order valence-corrected chi connectivity index (χ1v) is 9.46. The maximum absolute atomic E-state index is 12.8. The van der Waals surface area contributed by atoms with Crippen molar-refractivity contribution < 1.29 is 9.59 Å². The number of carbonyl (C=O) groups excluding carboxylic acids is 2. The van der Waals surface area contributed by atoms with Crippen LogP contribution in [-0.4, -0.2) is 16.7 Å². The lowest BCUT2D eigenvalue weighted by Gasteiger charge is -2.32. The molecule has 0 saturated heterocycles. The second-order valence-corrected chi connectivity index (χ2v) is 7.04. The molecule has 140 valence electrons. The molecule has 0 spiro atoms. The van der Waals surface area contributed by atoms with E-state index in [0.29, 0.717) is 5.92 Å². The molecular formula is C23H26N2O2. The molecule has 0 saturated carbocycles. The van der Waals surface area contributed by atoms with E-state index in [1.807, 2.05) is 48.5 Å². The van der Waals surface area contributed by atoms with Crippen LogP contribution in [0.3, 0.4) is 0 Å². The second kappa shape index (κ2) is 8.21. The highest BCUT2D eigenvalue weighted by molar-refractivity contribution is 5.93. The molecule has 0 radical (unpaired) electrons. The van der Waals surface area contributed by atoms with Crippen molar-refractivity contribution in [3.63, 3.8) is 0 Å². The standard InChI is InChI=1S/C23H26N2O2/c1-4-16(2)19-10-7-8-12-21(19)24-23(27)15-22-20-11-6-5-9-18(20)13-14-25(22)17(3)26/h5-14,16,22H,4,15H2,1-3H3,(H,24,27)/t16-,22-/m1/s1. The summed E-state index contributed by atoms with van der Waals surface area (Å²) in [6.07, 6.45) is 4.92. The lowest BCUT2D eigenvalue weighted by molar-refractivity contribution is -0.129. The predicted molar refractivity (Wildman–Crippen MR) is 109 cm³/mol. The number of para-hydroxylation sites is 1. The minimum Gasteiger partial charge on any atom is -0.326 e. The maximum Gasteiger partial charge on any atom is 0.226 e. The van der Waals surface area contributed by atoms with Gasteiger partial charge >= 0.3 is 0 Å². The van der Waals surface area contributed by atoms with Crippen LogP contribution in [0.1, 0.15) is 62.3 Å². The number of anilines is 1. The molecule has 0 fully saturated rings. The zero-order chi connectivity index (χ0) is 19.4. The zero-order valence-corrected chi connectivity index (χ0v) is 16.1. The molecule has 0 bridgehead atoms. The number of carbonyl (C=O) groups is 2. The molecule has 4 heteroatoms. The molecule has 2 amide bonds. The molecule has 4 nitrogen and oxygen atoms in total. The van der Waals surface area contributed by atoms with E-state index in [1.165, 1.54) is 6.92 Å². The fourth-order valence-corrected chi connectivity index (χ4v) is 3.55. The topological polar surface area (TPSA) is 49.4 Å². The summed E-state index contributed by atoms with van der Waals surface area (Å²) in [5, 5.41) is 3.06. The highest BCUT2D eigenvalue weighted by Gasteiger charge is 2.28. The first-order chi connectivity index (χ1) is 13.0. The van der Waals surface area contributed by atoms with Gasteiger partial charge in [-0.2, -0.15) is 0 Å². The van der Waals surface area contributed by atoms with E-state index in [9.17, 15) is 9.59 Å². The van der Waals surface area contributed by atoms with Crippen LogP contribution in [0.15, 0.2) is 54.7 Å². The van der Waals surface area contributed by atoms with Gasteiger partial charge in [-0.15, -0.1) is 0 Å². The summed E-state index contributed by atoms with van der Waals surface area (Å²) in [5.41, 5.74) is 4.04. The summed E-state index contributed by atoms with van der Waals surface area (Å²) >= 11 is 0. The molecule has 2 aromatic carbocycles. The molecule has 1 N–H and O–H groups in total. The summed E-state index contributed by atoms with van der Waals surface area (Å²) in [6, 6.07) is 15.5. The van der Waals surface area contributed by atoms with Gasteiger partial charge in [-0.1, -0.05) is 56.3 Å². The molecule has 27 heavy (non-hydrogen) atoms. The number of rotatable bonds is 5. The van der Waals surface area contributed by atoms with Gasteiger partial charge < -0.3 is 10.2 Å². The van der Waals surface area contributed by atoms with Crippen LogP contribution in [0.2, 0.25) is 0 Å². The number of fused-ring (bicyclic) bond motifs is 1. The highest BCUT2D eigenvalue weighted by atomic mass is 16.2. The van der Waals surface area contributed by atoms with Crippen LogP contribution in [0.4, 0.5) is 5.69 Å². The van der Waals surface area contributed by atoms with Gasteiger partial charge in [-0.05, 0) is 41.2 Å². The normalized spacial score (nSPS) is 16.6. The molecule has 1 heterocycles. The number of hydrogen-bond acceptors (Lipinski definition) is 2. The van der Waals surface area contributed by atoms with Gasteiger partial charge in [0, 0.05) is 18.8 Å². The zero-order valence-electron chi connectivity index (χ0n) is 16.1. The Morgan fingerprint density at radius 3 is 2.56 bits per heavy atom. The van der Waals surface area contributed by atoms with Crippen molar-refractivity contribution in [1.29, 1.82) is 0 Å². The number of nitrogens with one attached hydrogen (secondary N) is 1. The Kier molecular flexibility index (Phi) is 5.75. The van der Waals surface area contributed by atoms with E-state index in [1.54, 1.807) is 11.1 Å². The van der Waals surface area contributed by atoms with Gasteiger partial charge in [0.05, 0.1) is 12.5 Å². The number of nitrogens with zero attached hydrogens (tertiary/aromatic N) is 1. The Morgan fingerprint density at radius 2 is 1.81 bits per heavy atom. The largest absolute Gasteiger partial charge is 0.326 e. The van der Waals surface area contributed by atoms with E-state index in [2.05, 4.69) is 25.2 Å². The smallest absolute Gasteiger partial charge is 0.226 e. The van der Waals surface area contributed by atoms with Crippen molar-refractivity contribution in [2.45, 2.75) is 45.6 Å². The fraction of sp³-hybridized carbons (Fsp3) is 0.304. The maximum atomic E-state index is 12.8. The van der Waals surface area contributed by atoms with E-state index in [-0.39, 0.29) is 24.3 Å². The lowest BCUT2D eigenvalue weighted by atomic mass is 9.93. The fourth-order valence-electron chi connectivity index (χ4n) is 3.55. The van der Waals surface area contributed by atoms with Gasteiger partial charge in [0.15, 0.2) is 0 Å². The van der Waals surface area contributed by atoms with E-state index < -0.39 is 0 Å². The van der Waals surface area contributed by atoms with Crippen molar-refractivity contribution in [1.82, 2.24) is 4.90 Å². The van der Waals surface area contributed by atoms with Crippen molar-refractivity contribution in [3.8, 4) is 0 Å². The lowest BCUT2D eigenvalue weighted by Crippen LogP contribution is -2.33. The van der Waals surface area contributed by atoms with Crippen molar-refractivity contribution in [2.24, 2.45) is 0 Å². The molecule has 3 rings (SSSR count). The van der Waals surface area contributed by atoms with Gasteiger partial charge in [0.25, 0.3) is 0 Å². The van der Waals surface area contributed by atoms with Crippen LogP contribution in [0, 0.1) is 0 Å². The molecule has 2 atom stereocenters. The number of hydrogen-bond donors (Lipinski definition) is 1. The Balaban J connectivity index is 1.83. The molecule has 1 aliphatic heterocycles. The van der Waals surface area contributed by atoms with Crippen LogP contribution in [0.25, 0.3) is 6.08 Å². The summed E-state index contributed by atoms with van der Waals surface area (Å²) in [5.74, 6) is 0.208. The van der Waals surface area contributed by atoms with Crippen LogP contribution in [-0.2, 0) is 9.59 Å². The van der Waals surface area contributed by atoms with Crippen molar-refractivity contribution in [3.05, 3.63) is 71.4 Å².